The molecule has 3 rings (SSSR count). The number of piperazine rings is 1. The number of nitrogens with zero attached hydrogens (tertiary/aromatic N) is 4. The van der Waals surface area contributed by atoms with Crippen molar-refractivity contribution in [2.75, 3.05) is 33.3 Å². The summed E-state index contributed by atoms with van der Waals surface area (Å²) in [6.07, 6.45) is 3.06. The van der Waals surface area contributed by atoms with Crippen LogP contribution in [0.4, 0.5) is 0 Å². The Labute approximate surface area is 157 Å². The van der Waals surface area contributed by atoms with E-state index in [-0.39, 0.29) is 11.5 Å². The average molecular weight is 372 g/mol. The van der Waals surface area contributed by atoms with Gasteiger partial charge in [0, 0.05) is 51.9 Å². The van der Waals surface area contributed by atoms with Gasteiger partial charge in [0.1, 0.15) is 5.75 Å². The van der Waals surface area contributed by atoms with Crippen LogP contribution in [0.5, 0.6) is 5.75 Å². The SMILES string of the molecule is COc1cccc(CN2CCN(C(=O)CCn3cc(C(=O)O)cn3)CC2)c1. The summed E-state index contributed by atoms with van der Waals surface area (Å²) < 4.78 is 6.76. The zero-order chi connectivity index (χ0) is 19.2. The van der Waals surface area contributed by atoms with E-state index in [1.54, 1.807) is 7.11 Å². The molecule has 0 saturated carbocycles. The third-order valence-electron chi connectivity index (χ3n) is 4.70. The van der Waals surface area contributed by atoms with E-state index in [0.29, 0.717) is 26.1 Å². The molecule has 27 heavy (non-hydrogen) atoms. The highest BCUT2D eigenvalue weighted by Gasteiger charge is 2.21. The first kappa shape index (κ1) is 18.9. The van der Waals surface area contributed by atoms with Crippen LogP contribution >= 0.6 is 0 Å². The van der Waals surface area contributed by atoms with Crippen molar-refractivity contribution in [2.45, 2.75) is 19.5 Å². The van der Waals surface area contributed by atoms with Gasteiger partial charge in [-0.15, -0.1) is 0 Å². The van der Waals surface area contributed by atoms with Crippen molar-refractivity contribution < 1.29 is 19.4 Å². The molecule has 0 aliphatic carbocycles. The summed E-state index contributed by atoms with van der Waals surface area (Å²) in [6.45, 7) is 4.27. The van der Waals surface area contributed by atoms with E-state index >= 15 is 0 Å². The first-order chi connectivity index (χ1) is 13.0. The van der Waals surface area contributed by atoms with Gasteiger partial charge in [-0.2, -0.15) is 5.10 Å². The van der Waals surface area contributed by atoms with Crippen LogP contribution in [0.2, 0.25) is 0 Å². The first-order valence-electron chi connectivity index (χ1n) is 8.94. The zero-order valence-electron chi connectivity index (χ0n) is 15.4. The minimum absolute atomic E-state index is 0.0726. The topological polar surface area (TPSA) is 87.9 Å². The number of aryl methyl sites for hydroxylation is 1. The van der Waals surface area contributed by atoms with Crippen molar-refractivity contribution in [1.29, 1.82) is 0 Å². The van der Waals surface area contributed by atoms with E-state index in [9.17, 15) is 9.59 Å². The first-order valence-corrected chi connectivity index (χ1v) is 8.94. The molecule has 1 N–H and O–H groups in total. The third kappa shape index (κ3) is 5.07. The number of rotatable bonds is 7. The molecule has 2 aromatic rings. The molecule has 8 nitrogen and oxygen atoms in total. The third-order valence-corrected chi connectivity index (χ3v) is 4.70. The summed E-state index contributed by atoms with van der Waals surface area (Å²) in [5.41, 5.74) is 1.33. The van der Waals surface area contributed by atoms with Gasteiger partial charge in [0.05, 0.1) is 18.9 Å². The fraction of sp³-hybridized carbons (Fsp3) is 0.421. The summed E-state index contributed by atoms with van der Waals surface area (Å²) in [5.74, 6) is -0.0888. The lowest BCUT2D eigenvalue weighted by atomic mass is 10.2. The molecule has 1 saturated heterocycles. The number of carboxylic acids is 1. The Morgan fingerprint density at radius 1 is 1.22 bits per heavy atom. The number of amides is 1. The monoisotopic (exact) mass is 372 g/mol. The Kier molecular flexibility index (Phi) is 6.08. The number of carboxylic acid groups (broad SMARTS) is 1. The quantitative estimate of drug-likeness (QED) is 0.789. The van der Waals surface area contributed by atoms with E-state index in [1.165, 1.54) is 22.6 Å². The van der Waals surface area contributed by atoms with Gasteiger partial charge in [-0.3, -0.25) is 14.4 Å². The molecule has 0 bridgehead atoms. The van der Waals surface area contributed by atoms with Crippen molar-refractivity contribution in [3.8, 4) is 5.75 Å². The van der Waals surface area contributed by atoms with Crippen LogP contribution in [0.15, 0.2) is 36.7 Å². The molecule has 0 spiro atoms. The Balaban J connectivity index is 1.43. The van der Waals surface area contributed by atoms with Crippen LogP contribution in [0.3, 0.4) is 0 Å². The fourth-order valence-corrected chi connectivity index (χ4v) is 3.15. The van der Waals surface area contributed by atoms with Crippen molar-refractivity contribution in [1.82, 2.24) is 19.6 Å². The smallest absolute Gasteiger partial charge is 0.338 e. The second-order valence-corrected chi connectivity index (χ2v) is 6.56. The van der Waals surface area contributed by atoms with Crippen molar-refractivity contribution in [3.05, 3.63) is 47.8 Å². The highest BCUT2D eigenvalue weighted by atomic mass is 16.5. The van der Waals surface area contributed by atoms with Crippen LogP contribution in [0, 0.1) is 0 Å². The van der Waals surface area contributed by atoms with E-state index in [0.717, 1.165) is 25.4 Å². The lowest BCUT2D eigenvalue weighted by Gasteiger charge is -2.34. The maximum atomic E-state index is 12.4. The molecule has 1 aromatic carbocycles. The van der Waals surface area contributed by atoms with Gasteiger partial charge in [-0.25, -0.2) is 4.79 Å². The van der Waals surface area contributed by atoms with E-state index in [1.807, 2.05) is 23.1 Å². The maximum absolute atomic E-state index is 12.4. The predicted octanol–water partition coefficient (Wildman–Crippen LogP) is 1.32. The number of ether oxygens (including phenoxy) is 1. The fourth-order valence-electron chi connectivity index (χ4n) is 3.15. The largest absolute Gasteiger partial charge is 0.497 e. The molecule has 1 fully saturated rings. The summed E-state index contributed by atoms with van der Waals surface area (Å²) in [5, 5.41) is 12.9. The average Bonchev–Trinajstić information content (AvgIpc) is 3.16. The minimum atomic E-state index is -1.01. The molecule has 1 amide bonds. The van der Waals surface area contributed by atoms with Crippen LogP contribution < -0.4 is 4.74 Å². The van der Waals surface area contributed by atoms with E-state index in [2.05, 4.69) is 16.1 Å². The van der Waals surface area contributed by atoms with Gasteiger partial charge in [0.25, 0.3) is 0 Å². The van der Waals surface area contributed by atoms with Crippen molar-refractivity contribution in [3.63, 3.8) is 0 Å². The molecular formula is C19H24N4O4. The molecule has 2 heterocycles. The lowest BCUT2D eigenvalue weighted by Crippen LogP contribution is -2.48. The second kappa shape index (κ2) is 8.68. The highest BCUT2D eigenvalue weighted by molar-refractivity contribution is 5.86. The van der Waals surface area contributed by atoms with E-state index < -0.39 is 5.97 Å². The predicted molar refractivity (Wildman–Crippen MR) is 98.7 cm³/mol. The van der Waals surface area contributed by atoms with Crippen LogP contribution in [0.1, 0.15) is 22.3 Å². The van der Waals surface area contributed by atoms with Gasteiger partial charge in [0.15, 0.2) is 0 Å². The zero-order valence-corrected chi connectivity index (χ0v) is 15.4. The molecular weight excluding hydrogens is 348 g/mol. The highest BCUT2D eigenvalue weighted by Crippen LogP contribution is 2.15. The van der Waals surface area contributed by atoms with Crippen LogP contribution in [-0.4, -0.2) is 69.9 Å². The number of methoxy groups -OCH3 is 1. The molecule has 0 radical (unpaired) electrons. The normalized spacial score (nSPS) is 14.9. The standard InChI is InChI=1S/C19H24N4O4/c1-27-17-4-2-3-15(11-17)13-21-7-9-22(10-8-21)18(24)5-6-23-14-16(12-20-23)19(25)26/h2-4,11-12,14H,5-10,13H2,1H3,(H,25,26). The molecule has 1 aromatic heterocycles. The van der Waals surface area contributed by atoms with Crippen LogP contribution in [0.25, 0.3) is 0 Å². The maximum Gasteiger partial charge on any atom is 0.338 e. The van der Waals surface area contributed by atoms with Crippen LogP contribution in [-0.2, 0) is 17.9 Å². The number of carbonyl (C=O) groups is 2. The van der Waals surface area contributed by atoms with Gasteiger partial charge >= 0.3 is 5.97 Å². The van der Waals surface area contributed by atoms with Crippen molar-refractivity contribution >= 4 is 11.9 Å². The van der Waals surface area contributed by atoms with Gasteiger partial charge in [0.2, 0.25) is 5.91 Å². The number of hydrogen-bond donors (Lipinski definition) is 1. The molecule has 1 aliphatic heterocycles. The summed E-state index contributed by atoms with van der Waals surface area (Å²) in [6, 6.07) is 8.03. The number of benzene rings is 1. The Morgan fingerprint density at radius 2 is 2.00 bits per heavy atom. The van der Waals surface area contributed by atoms with Gasteiger partial charge in [-0.05, 0) is 17.7 Å². The minimum Gasteiger partial charge on any atom is -0.497 e. The summed E-state index contributed by atoms with van der Waals surface area (Å²) >= 11 is 0. The van der Waals surface area contributed by atoms with Gasteiger partial charge < -0.3 is 14.7 Å². The number of carbonyl (C=O) groups excluding carboxylic acids is 1. The number of aromatic carboxylic acids is 1. The summed E-state index contributed by atoms with van der Waals surface area (Å²) in [7, 11) is 1.66. The molecule has 1 aliphatic rings. The molecule has 8 heteroatoms. The van der Waals surface area contributed by atoms with Gasteiger partial charge in [-0.1, -0.05) is 12.1 Å². The Bertz CT molecular complexity index is 797. The number of hydrogen-bond acceptors (Lipinski definition) is 5. The molecule has 0 atom stereocenters. The lowest BCUT2D eigenvalue weighted by molar-refractivity contribution is -0.133. The van der Waals surface area contributed by atoms with Crippen molar-refractivity contribution in [2.24, 2.45) is 0 Å². The summed E-state index contributed by atoms with van der Waals surface area (Å²) in [4.78, 5) is 27.4. The molecule has 0 unspecified atom stereocenters. The molecule has 144 valence electrons. The van der Waals surface area contributed by atoms with E-state index in [4.69, 9.17) is 9.84 Å². The number of aromatic nitrogens is 2. The second-order valence-electron chi connectivity index (χ2n) is 6.56. The Morgan fingerprint density at radius 3 is 2.67 bits per heavy atom. The Hall–Kier alpha value is -2.87.